The highest BCUT2D eigenvalue weighted by molar-refractivity contribution is 5.85. The van der Waals surface area contributed by atoms with Crippen LogP contribution in [0.3, 0.4) is 0 Å². The van der Waals surface area contributed by atoms with E-state index < -0.39 is 0 Å². The number of rotatable bonds is 1. The minimum absolute atomic E-state index is 0.574. The van der Waals surface area contributed by atoms with Gasteiger partial charge in [0, 0.05) is 17.3 Å². The van der Waals surface area contributed by atoms with Crippen molar-refractivity contribution >= 4 is 10.8 Å². The second kappa shape index (κ2) is 2.67. The summed E-state index contributed by atoms with van der Waals surface area (Å²) in [6, 6.07) is 8.46. The summed E-state index contributed by atoms with van der Waals surface area (Å²) in [6.07, 6.45) is 2.07. The SMILES string of the molecule is CC(C)c1[nH]cc2ccccc12. The van der Waals surface area contributed by atoms with Gasteiger partial charge in [-0.15, -0.1) is 0 Å². The molecule has 0 atom stereocenters. The Balaban J connectivity index is 2.70. The van der Waals surface area contributed by atoms with Crippen LogP contribution in [-0.2, 0) is 0 Å². The maximum atomic E-state index is 3.31. The molecule has 1 aromatic heterocycles. The molecule has 0 aliphatic rings. The maximum Gasteiger partial charge on any atom is 0.0252 e. The molecule has 0 aliphatic heterocycles. The minimum Gasteiger partial charge on any atom is -0.364 e. The fourth-order valence-electron chi connectivity index (χ4n) is 1.58. The van der Waals surface area contributed by atoms with Gasteiger partial charge in [0.15, 0.2) is 0 Å². The molecule has 2 rings (SSSR count). The molecule has 0 radical (unpaired) electrons. The van der Waals surface area contributed by atoms with E-state index in [1.165, 1.54) is 16.5 Å². The molecule has 1 nitrogen and oxygen atoms in total. The van der Waals surface area contributed by atoms with E-state index >= 15 is 0 Å². The number of hydrogen-bond donors (Lipinski definition) is 1. The lowest BCUT2D eigenvalue weighted by molar-refractivity contribution is 0.841. The predicted molar refractivity (Wildman–Crippen MR) is 52.4 cm³/mol. The van der Waals surface area contributed by atoms with Crippen molar-refractivity contribution in [2.45, 2.75) is 19.8 Å². The van der Waals surface area contributed by atoms with Crippen LogP contribution in [0.1, 0.15) is 25.5 Å². The van der Waals surface area contributed by atoms with Gasteiger partial charge in [0.2, 0.25) is 0 Å². The Hall–Kier alpha value is -1.24. The first-order chi connectivity index (χ1) is 5.79. The maximum absolute atomic E-state index is 3.31. The van der Waals surface area contributed by atoms with Crippen molar-refractivity contribution in [1.29, 1.82) is 0 Å². The molecule has 0 bridgehead atoms. The summed E-state index contributed by atoms with van der Waals surface area (Å²) >= 11 is 0. The molecule has 2 aromatic rings. The van der Waals surface area contributed by atoms with Crippen molar-refractivity contribution in [2.75, 3.05) is 0 Å². The van der Waals surface area contributed by atoms with E-state index in [1.807, 2.05) is 0 Å². The number of hydrogen-bond acceptors (Lipinski definition) is 0. The largest absolute Gasteiger partial charge is 0.364 e. The van der Waals surface area contributed by atoms with Gasteiger partial charge in [-0.1, -0.05) is 38.1 Å². The molecular formula is C11H13N. The lowest BCUT2D eigenvalue weighted by atomic mass is 10.1. The molecule has 0 saturated heterocycles. The number of fused-ring (bicyclic) bond motifs is 1. The highest BCUT2D eigenvalue weighted by Crippen LogP contribution is 2.23. The van der Waals surface area contributed by atoms with Crippen LogP contribution in [0.15, 0.2) is 30.5 Å². The van der Waals surface area contributed by atoms with Crippen LogP contribution in [0.25, 0.3) is 10.8 Å². The zero-order valence-corrected chi connectivity index (χ0v) is 7.46. The number of aromatic nitrogens is 1. The summed E-state index contributed by atoms with van der Waals surface area (Å²) in [6.45, 7) is 4.41. The van der Waals surface area contributed by atoms with E-state index in [1.54, 1.807) is 0 Å². The van der Waals surface area contributed by atoms with Crippen LogP contribution in [0.2, 0.25) is 0 Å². The van der Waals surface area contributed by atoms with Gasteiger partial charge in [0.1, 0.15) is 0 Å². The van der Waals surface area contributed by atoms with Crippen LogP contribution in [0.5, 0.6) is 0 Å². The standard InChI is InChI=1S/C11H13N/c1-8(2)11-10-6-4-3-5-9(10)7-12-11/h3-8,12H,1-2H3. The molecular weight excluding hydrogens is 146 g/mol. The van der Waals surface area contributed by atoms with Crippen molar-refractivity contribution in [1.82, 2.24) is 4.98 Å². The molecule has 62 valence electrons. The third-order valence-electron chi connectivity index (χ3n) is 2.21. The normalized spacial score (nSPS) is 11.2. The van der Waals surface area contributed by atoms with E-state index in [4.69, 9.17) is 0 Å². The van der Waals surface area contributed by atoms with Gasteiger partial charge in [0.05, 0.1) is 0 Å². The van der Waals surface area contributed by atoms with Crippen LogP contribution >= 0.6 is 0 Å². The second-order valence-electron chi connectivity index (χ2n) is 3.44. The Morgan fingerprint density at radius 1 is 1.17 bits per heavy atom. The third kappa shape index (κ3) is 1.02. The molecule has 0 saturated carbocycles. The van der Waals surface area contributed by atoms with Crippen LogP contribution in [0.4, 0.5) is 0 Å². The van der Waals surface area contributed by atoms with Gasteiger partial charge < -0.3 is 4.98 Å². The molecule has 0 fully saturated rings. The summed E-state index contributed by atoms with van der Waals surface area (Å²) in [5.41, 5.74) is 1.34. The van der Waals surface area contributed by atoms with Crippen LogP contribution < -0.4 is 0 Å². The summed E-state index contributed by atoms with van der Waals surface area (Å²) in [4.78, 5) is 3.31. The summed E-state index contributed by atoms with van der Waals surface area (Å²) in [7, 11) is 0. The topological polar surface area (TPSA) is 15.8 Å². The molecule has 1 N–H and O–H groups in total. The Labute approximate surface area is 72.4 Å². The quantitative estimate of drug-likeness (QED) is 0.657. The van der Waals surface area contributed by atoms with Crippen LogP contribution in [0, 0.1) is 0 Å². The van der Waals surface area contributed by atoms with Gasteiger partial charge in [0.25, 0.3) is 0 Å². The first-order valence-electron chi connectivity index (χ1n) is 4.35. The number of benzene rings is 1. The van der Waals surface area contributed by atoms with Gasteiger partial charge in [-0.25, -0.2) is 0 Å². The fraction of sp³-hybridized carbons (Fsp3) is 0.273. The average Bonchev–Trinajstić information content (AvgIpc) is 2.47. The summed E-state index contributed by atoms with van der Waals surface area (Å²) in [5, 5.41) is 2.66. The Kier molecular flexibility index (Phi) is 1.65. The zero-order valence-electron chi connectivity index (χ0n) is 7.46. The number of H-pyrrole nitrogens is 1. The molecule has 0 amide bonds. The van der Waals surface area contributed by atoms with Gasteiger partial charge in [-0.3, -0.25) is 0 Å². The first-order valence-corrected chi connectivity index (χ1v) is 4.35. The molecule has 1 aromatic carbocycles. The molecule has 1 heteroatoms. The van der Waals surface area contributed by atoms with E-state index in [0.717, 1.165) is 0 Å². The van der Waals surface area contributed by atoms with Crippen LogP contribution in [-0.4, -0.2) is 4.98 Å². The third-order valence-corrected chi connectivity index (χ3v) is 2.21. The zero-order chi connectivity index (χ0) is 8.55. The molecule has 0 aliphatic carbocycles. The van der Waals surface area contributed by atoms with Gasteiger partial charge in [-0.2, -0.15) is 0 Å². The van der Waals surface area contributed by atoms with Crippen molar-refractivity contribution in [3.8, 4) is 0 Å². The Morgan fingerprint density at radius 2 is 1.92 bits per heavy atom. The second-order valence-corrected chi connectivity index (χ2v) is 3.44. The summed E-state index contributed by atoms with van der Waals surface area (Å²) < 4.78 is 0. The van der Waals surface area contributed by atoms with Crippen molar-refractivity contribution < 1.29 is 0 Å². The van der Waals surface area contributed by atoms with E-state index in [-0.39, 0.29) is 0 Å². The van der Waals surface area contributed by atoms with Crippen molar-refractivity contribution in [2.24, 2.45) is 0 Å². The number of nitrogens with one attached hydrogen (secondary N) is 1. The minimum atomic E-state index is 0.574. The average molecular weight is 159 g/mol. The molecule has 1 heterocycles. The van der Waals surface area contributed by atoms with Crippen molar-refractivity contribution in [3.63, 3.8) is 0 Å². The lowest BCUT2D eigenvalue weighted by Gasteiger charge is -2.01. The van der Waals surface area contributed by atoms with Gasteiger partial charge >= 0.3 is 0 Å². The van der Waals surface area contributed by atoms with Crippen molar-refractivity contribution in [3.05, 3.63) is 36.2 Å². The Morgan fingerprint density at radius 3 is 2.67 bits per heavy atom. The fourth-order valence-corrected chi connectivity index (χ4v) is 1.58. The highest BCUT2D eigenvalue weighted by atomic mass is 14.7. The monoisotopic (exact) mass is 159 g/mol. The first kappa shape index (κ1) is 7.41. The smallest absolute Gasteiger partial charge is 0.0252 e. The summed E-state index contributed by atoms with van der Waals surface area (Å²) in [5.74, 6) is 0.574. The number of aromatic amines is 1. The Bertz CT molecular complexity index is 385. The predicted octanol–water partition coefficient (Wildman–Crippen LogP) is 3.29. The highest BCUT2D eigenvalue weighted by Gasteiger charge is 2.04. The van der Waals surface area contributed by atoms with Gasteiger partial charge in [-0.05, 0) is 11.3 Å². The lowest BCUT2D eigenvalue weighted by Crippen LogP contribution is -1.86. The molecule has 0 spiro atoms. The van der Waals surface area contributed by atoms with E-state index in [9.17, 15) is 0 Å². The van der Waals surface area contributed by atoms with E-state index in [2.05, 4.69) is 49.3 Å². The molecule has 12 heavy (non-hydrogen) atoms. The molecule has 0 unspecified atom stereocenters. The van der Waals surface area contributed by atoms with E-state index in [0.29, 0.717) is 5.92 Å².